The van der Waals surface area contributed by atoms with Crippen molar-refractivity contribution in [2.75, 3.05) is 34.2 Å². The van der Waals surface area contributed by atoms with Gasteiger partial charge in [-0.25, -0.2) is 0 Å². The van der Waals surface area contributed by atoms with Crippen molar-refractivity contribution in [2.24, 2.45) is 16.3 Å². The molecule has 0 radical (unpaired) electrons. The standard InChI is InChI=1S/C16H34N4O/c1-15(2,14(17)18-21)9-6-7-12-20(5)13-16(19(3)4)10-8-11-16/h21H,6-13H2,1-5H3,(H2,17,18). The Bertz CT molecular complexity index is 348. The minimum absolute atomic E-state index is 0.216. The normalized spacial score (nSPS) is 19.1. The fourth-order valence-corrected chi connectivity index (χ4v) is 3.13. The van der Waals surface area contributed by atoms with E-state index < -0.39 is 0 Å². The Balaban J connectivity index is 2.27. The van der Waals surface area contributed by atoms with Crippen molar-refractivity contribution in [2.45, 2.75) is 57.9 Å². The second-order valence-electron chi connectivity index (χ2n) is 7.54. The number of nitrogens with two attached hydrogens (primary N) is 1. The van der Waals surface area contributed by atoms with E-state index in [0.29, 0.717) is 11.4 Å². The molecule has 3 N–H and O–H groups in total. The molecule has 0 atom stereocenters. The average Bonchev–Trinajstić information content (AvgIpc) is 2.37. The fourth-order valence-electron chi connectivity index (χ4n) is 3.13. The molecule has 0 aromatic heterocycles. The average molecular weight is 298 g/mol. The topological polar surface area (TPSA) is 65.1 Å². The van der Waals surface area contributed by atoms with E-state index in [1.54, 1.807) is 0 Å². The zero-order valence-electron chi connectivity index (χ0n) is 14.5. The van der Waals surface area contributed by atoms with Crippen LogP contribution in [0.3, 0.4) is 0 Å². The first-order valence-electron chi connectivity index (χ1n) is 8.07. The molecule has 0 heterocycles. The molecule has 1 rings (SSSR count). The zero-order valence-corrected chi connectivity index (χ0v) is 14.5. The molecule has 0 bridgehead atoms. The van der Waals surface area contributed by atoms with Crippen LogP contribution in [0, 0.1) is 5.41 Å². The molecule has 0 saturated heterocycles. The Morgan fingerprint density at radius 1 is 1.24 bits per heavy atom. The number of rotatable bonds is 9. The van der Waals surface area contributed by atoms with Gasteiger partial charge in [-0.2, -0.15) is 0 Å². The van der Waals surface area contributed by atoms with Gasteiger partial charge in [-0.3, -0.25) is 0 Å². The molecule has 1 fully saturated rings. The van der Waals surface area contributed by atoms with Gasteiger partial charge in [0.25, 0.3) is 0 Å². The first-order valence-corrected chi connectivity index (χ1v) is 8.07. The number of unbranched alkanes of at least 4 members (excludes halogenated alkanes) is 1. The van der Waals surface area contributed by atoms with Gasteiger partial charge in [-0.15, -0.1) is 0 Å². The van der Waals surface area contributed by atoms with Gasteiger partial charge in [0.1, 0.15) is 5.84 Å². The van der Waals surface area contributed by atoms with Crippen molar-refractivity contribution >= 4 is 5.84 Å². The summed E-state index contributed by atoms with van der Waals surface area (Å²) in [5.74, 6) is 0.330. The lowest BCUT2D eigenvalue weighted by Gasteiger charge is -2.49. The third kappa shape index (κ3) is 4.85. The van der Waals surface area contributed by atoms with Gasteiger partial charge in [0.05, 0.1) is 0 Å². The maximum absolute atomic E-state index is 8.78. The van der Waals surface area contributed by atoms with Gasteiger partial charge >= 0.3 is 0 Å². The predicted molar refractivity (Wildman–Crippen MR) is 88.8 cm³/mol. The zero-order chi connectivity index (χ0) is 16.1. The van der Waals surface area contributed by atoms with Gasteiger partial charge in [0, 0.05) is 17.5 Å². The summed E-state index contributed by atoms with van der Waals surface area (Å²) in [6.45, 7) is 6.33. The van der Waals surface area contributed by atoms with Crippen LogP contribution in [0.4, 0.5) is 0 Å². The maximum Gasteiger partial charge on any atom is 0.144 e. The van der Waals surface area contributed by atoms with Crippen LogP contribution in [0.2, 0.25) is 0 Å². The second kappa shape index (κ2) is 7.45. The Labute approximate surface area is 130 Å². The summed E-state index contributed by atoms with van der Waals surface area (Å²) in [5, 5.41) is 11.9. The van der Waals surface area contributed by atoms with E-state index in [2.05, 4.69) is 36.1 Å². The highest BCUT2D eigenvalue weighted by molar-refractivity contribution is 5.85. The molecule has 5 nitrogen and oxygen atoms in total. The number of hydrogen-bond donors (Lipinski definition) is 2. The molecule has 1 aliphatic carbocycles. The van der Waals surface area contributed by atoms with Gasteiger partial charge in [-0.05, 0) is 59.8 Å². The van der Waals surface area contributed by atoms with Crippen LogP contribution in [-0.4, -0.2) is 60.6 Å². The third-order valence-corrected chi connectivity index (χ3v) is 5.19. The van der Waals surface area contributed by atoms with Crippen LogP contribution < -0.4 is 5.73 Å². The number of amidine groups is 1. The third-order valence-electron chi connectivity index (χ3n) is 5.19. The van der Waals surface area contributed by atoms with Crippen molar-refractivity contribution in [3.8, 4) is 0 Å². The van der Waals surface area contributed by atoms with Gasteiger partial charge in [-0.1, -0.05) is 25.4 Å². The Morgan fingerprint density at radius 3 is 2.29 bits per heavy atom. The number of hydrogen-bond acceptors (Lipinski definition) is 4. The first-order chi connectivity index (χ1) is 9.73. The first kappa shape index (κ1) is 18.2. The van der Waals surface area contributed by atoms with E-state index in [1.807, 2.05) is 13.8 Å². The molecule has 0 aromatic rings. The largest absolute Gasteiger partial charge is 0.409 e. The lowest BCUT2D eigenvalue weighted by Crippen LogP contribution is -2.56. The van der Waals surface area contributed by atoms with E-state index in [-0.39, 0.29) is 5.41 Å². The number of oxime groups is 1. The number of likely N-dealkylation sites (N-methyl/N-ethyl adjacent to an activating group) is 2. The highest BCUT2D eigenvalue weighted by Crippen LogP contribution is 2.36. The van der Waals surface area contributed by atoms with E-state index in [9.17, 15) is 0 Å². The maximum atomic E-state index is 8.78. The Morgan fingerprint density at radius 2 is 1.86 bits per heavy atom. The summed E-state index contributed by atoms with van der Waals surface area (Å²) < 4.78 is 0. The smallest absolute Gasteiger partial charge is 0.144 e. The van der Waals surface area contributed by atoms with Crippen LogP contribution in [0.5, 0.6) is 0 Å². The summed E-state index contributed by atoms with van der Waals surface area (Å²) >= 11 is 0. The molecule has 124 valence electrons. The minimum Gasteiger partial charge on any atom is -0.409 e. The summed E-state index contributed by atoms with van der Waals surface area (Å²) in [7, 11) is 6.62. The highest BCUT2D eigenvalue weighted by Gasteiger charge is 2.39. The van der Waals surface area contributed by atoms with Crippen LogP contribution >= 0.6 is 0 Å². The molecule has 0 amide bonds. The quantitative estimate of drug-likeness (QED) is 0.225. The van der Waals surface area contributed by atoms with Crippen molar-refractivity contribution in [1.29, 1.82) is 0 Å². The van der Waals surface area contributed by atoms with Crippen molar-refractivity contribution < 1.29 is 5.21 Å². The van der Waals surface area contributed by atoms with Crippen LogP contribution in [0.25, 0.3) is 0 Å². The van der Waals surface area contributed by atoms with Gasteiger partial charge in [0.15, 0.2) is 0 Å². The molecule has 1 aliphatic rings. The molecule has 0 spiro atoms. The molecule has 5 heteroatoms. The molecule has 0 unspecified atom stereocenters. The van der Waals surface area contributed by atoms with Crippen molar-refractivity contribution in [3.63, 3.8) is 0 Å². The lowest BCUT2D eigenvalue weighted by molar-refractivity contribution is 0.0274. The number of nitrogens with zero attached hydrogens (tertiary/aromatic N) is 3. The summed E-state index contributed by atoms with van der Waals surface area (Å²) in [4.78, 5) is 4.85. The van der Waals surface area contributed by atoms with E-state index in [0.717, 1.165) is 32.4 Å². The van der Waals surface area contributed by atoms with Gasteiger partial charge in [0.2, 0.25) is 0 Å². The van der Waals surface area contributed by atoms with Crippen molar-refractivity contribution in [3.05, 3.63) is 0 Å². The van der Waals surface area contributed by atoms with Crippen LogP contribution in [-0.2, 0) is 0 Å². The van der Waals surface area contributed by atoms with Crippen LogP contribution in [0.15, 0.2) is 5.16 Å². The molecule has 21 heavy (non-hydrogen) atoms. The highest BCUT2D eigenvalue weighted by atomic mass is 16.4. The second-order valence-corrected chi connectivity index (χ2v) is 7.54. The van der Waals surface area contributed by atoms with Crippen molar-refractivity contribution in [1.82, 2.24) is 9.80 Å². The van der Waals surface area contributed by atoms with E-state index >= 15 is 0 Å². The molecular formula is C16H34N4O. The fraction of sp³-hybridized carbons (Fsp3) is 0.938. The van der Waals surface area contributed by atoms with Gasteiger partial charge < -0.3 is 20.7 Å². The summed E-state index contributed by atoms with van der Waals surface area (Å²) in [6, 6.07) is 0. The molecular weight excluding hydrogens is 264 g/mol. The Kier molecular flexibility index (Phi) is 6.47. The molecule has 0 aromatic carbocycles. The van der Waals surface area contributed by atoms with E-state index in [1.165, 1.54) is 19.3 Å². The molecule has 1 saturated carbocycles. The predicted octanol–water partition coefficient (Wildman–Crippen LogP) is 2.35. The Hall–Kier alpha value is -0.810. The minimum atomic E-state index is -0.216. The molecule has 0 aliphatic heterocycles. The SMILES string of the molecule is CN(CCCCC(C)(C)C(N)=NO)CC1(N(C)C)CCC1. The van der Waals surface area contributed by atoms with E-state index in [4.69, 9.17) is 10.9 Å². The lowest BCUT2D eigenvalue weighted by atomic mass is 9.75. The summed E-state index contributed by atoms with van der Waals surface area (Å²) in [6.07, 6.45) is 7.21. The van der Waals surface area contributed by atoms with Crippen LogP contribution in [0.1, 0.15) is 52.4 Å². The monoisotopic (exact) mass is 298 g/mol. The summed E-state index contributed by atoms with van der Waals surface area (Å²) in [5.41, 5.74) is 5.91.